The van der Waals surface area contributed by atoms with Gasteiger partial charge in [-0.2, -0.15) is 0 Å². The van der Waals surface area contributed by atoms with Gasteiger partial charge in [0.1, 0.15) is 7.28 Å². The van der Waals surface area contributed by atoms with E-state index in [-0.39, 0.29) is 0 Å². The van der Waals surface area contributed by atoms with E-state index in [4.69, 9.17) is 0 Å². The van der Waals surface area contributed by atoms with Crippen molar-refractivity contribution < 1.29 is 0 Å². The summed E-state index contributed by atoms with van der Waals surface area (Å²) in [6.45, 7) is 11.8. The maximum absolute atomic E-state index is 3.86. The Labute approximate surface area is 101 Å². The van der Waals surface area contributed by atoms with Crippen LogP contribution in [0, 0.1) is 0 Å². The van der Waals surface area contributed by atoms with Crippen molar-refractivity contribution in [2.24, 2.45) is 0 Å². The summed E-state index contributed by atoms with van der Waals surface area (Å²) in [4.78, 5) is 0. The van der Waals surface area contributed by atoms with Crippen LogP contribution in [0.25, 0.3) is 0 Å². The Morgan fingerprint density at radius 3 is 2.44 bits per heavy atom. The molecule has 0 rings (SSSR count). The number of rotatable bonds is 8. The molecule has 0 aromatic heterocycles. The third kappa shape index (κ3) is 6.29. The van der Waals surface area contributed by atoms with Gasteiger partial charge in [-0.15, -0.1) is 5.98 Å². The van der Waals surface area contributed by atoms with Crippen LogP contribution in [0.4, 0.5) is 0 Å². The van der Waals surface area contributed by atoms with Gasteiger partial charge in [-0.3, -0.25) is 0 Å². The Hall–Kier alpha value is -1.24. The van der Waals surface area contributed by atoms with Crippen LogP contribution in [0.2, 0.25) is 6.32 Å². The zero-order valence-electron chi connectivity index (χ0n) is 10.6. The van der Waals surface area contributed by atoms with Gasteiger partial charge in [0.15, 0.2) is 0 Å². The summed E-state index contributed by atoms with van der Waals surface area (Å²) >= 11 is 0. The minimum atomic E-state index is 0.954. The van der Waals surface area contributed by atoms with E-state index in [1.165, 1.54) is 11.1 Å². The highest BCUT2D eigenvalue weighted by Crippen LogP contribution is 2.15. The standard InChI is InChI=1S/C15H22B/c1-5-9-11-15(14(7-3)8-4)13-16-12-10-6-2/h5,7,9-12H,1,3,6,8,13H2,2,4H3/b11-9-,12-10+,15-14-. The highest BCUT2D eigenvalue weighted by atomic mass is 14.0. The molecular weight excluding hydrogens is 191 g/mol. The molecule has 0 aromatic rings. The van der Waals surface area contributed by atoms with Gasteiger partial charge in [-0.05, 0) is 18.4 Å². The molecule has 0 nitrogen and oxygen atoms in total. The minimum Gasteiger partial charge on any atom is -0.126 e. The van der Waals surface area contributed by atoms with Crippen molar-refractivity contribution in [1.82, 2.24) is 0 Å². The van der Waals surface area contributed by atoms with Gasteiger partial charge in [0, 0.05) is 0 Å². The molecule has 0 heterocycles. The highest BCUT2D eigenvalue weighted by molar-refractivity contribution is 6.43. The van der Waals surface area contributed by atoms with Gasteiger partial charge in [0.05, 0.1) is 0 Å². The first-order valence-electron chi connectivity index (χ1n) is 5.91. The predicted octanol–water partition coefficient (Wildman–Crippen LogP) is 4.67. The fourth-order valence-electron chi connectivity index (χ4n) is 1.42. The monoisotopic (exact) mass is 213 g/mol. The van der Waals surface area contributed by atoms with E-state index in [1.54, 1.807) is 6.08 Å². The number of allylic oxidation sites excluding steroid dienone is 7. The molecule has 0 N–H and O–H groups in total. The number of hydrogen-bond donors (Lipinski definition) is 0. The van der Waals surface area contributed by atoms with E-state index >= 15 is 0 Å². The van der Waals surface area contributed by atoms with Crippen LogP contribution in [0.15, 0.2) is 60.7 Å². The molecule has 0 fully saturated rings. The second-order valence-electron chi connectivity index (χ2n) is 3.48. The SMILES string of the molecule is C=C/C=C\C(C[B]/C=C/CC)=C(/C=C)CC. The summed E-state index contributed by atoms with van der Waals surface area (Å²) < 4.78 is 0. The van der Waals surface area contributed by atoms with Gasteiger partial charge in [0.25, 0.3) is 0 Å². The topological polar surface area (TPSA) is 0 Å². The second kappa shape index (κ2) is 10.3. The van der Waals surface area contributed by atoms with Crippen LogP contribution >= 0.6 is 0 Å². The fourth-order valence-corrected chi connectivity index (χ4v) is 1.42. The van der Waals surface area contributed by atoms with Crippen molar-refractivity contribution in [3.63, 3.8) is 0 Å². The van der Waals surface area contributed by atoms with Crippen molar-refractivity contribution >= 4 is 7.28 Å². The van der Waals surface area contributed by atoms with Crippen LogP contribution < -0.4 is 0 Å². The fraction of sp³-hybridized carbons (Fsp3) is 0.333. The molecular formula is C15H22B. The molecule has 0 unspecified atom stereocenters. The van der Waals surface area contributed by atoms with Gasteiger partial charge in [0.2, 0.25) is 0 Å². The van der Waals surface area contributed by atoms with Gasteiger partial charge >= 0.3 is 0 Å². The third-order valence-electron chi connectivity index (χ3n) is 2.32. The molecule has 0 aliphatic carbocycles. The van der Waals surface area contributed by atoms with Crippen LogP contribution in [0.3, 0.4) is 0 Å². The van der Waals surface area contributed by atoms with E-state index in [9.17, 15) is 0 Å². The van der Waals surface area contributed by atoms with E-state index in [0.717, 1.165) is 19.2 Å². The molecule has 0 spiro atoms. The van der Waals surface area contributed by atoms with E-state index in [2.05, 4.69) is 52.4 Å². The molecule has 1 radical (unpaired) electrons. The summed E-state index contributed by atoms with van der Waals surface area (Å²) in [5.74, 6) is 2.12. The van der Waals surface area contributed by atoms with Crippen LogP contribution in [-0.4, -0.2) is 7.28 Å². The van der Waals surface area contributed by atoms with Crippen molar-refractivity contribution in [1.29, 1.82) is 0 Å². The van der Waals surface area contributed by atoms with E-state index in [1.807, 2.05) is 12.2 Å². The Morgan fingerprint density at radius 1 is 1.19 bits per heavy atom. The molecule has 0 saturated carbocycles. The Kier molecular flexibility index (Phi) is 9.49. The van der Waals surface area contributed by atoms with Crippen LogP contribution in [0.5, 0.6) is 0 Å². The lowest BCUT2D eigenvalue weighted by Gasteiger charge is -2.05. The first-order valence-corrected chi connectivity index (χ1v) is 5.91. The van der Waals surface area contributed by atoms with Gasteiger partial charge < -0.3 is 0 Å². The quantitative estimate of drug-likeness (QED) is 0.406. The summed E-state index contributed by atoms with van der Waals surface area (Å²) in [6, 6.07) is 0. The second-order valence-corrected chi connectivity index (χ2v) is 3.48. The summed E-state index contributed by atoms with van der Waals surface area (Å²) in [6.07, 6.45) is 13.1. The van der Waals surface area contributed by atoms with E-state index < -0.39 is 0 Å². The molecule has 85 valence electrons. The molecule has 0 saturated heterocycles. The zero-order valence-corrected chi connectivity index (χ0v) is 10.6. The summed E-state index contributed by atoms with van der Waals surface area (Å²) in [7, 11) is 2.19. The molecule has 0 aliphatic heterocycles. The molecule has 16 heavy (non-hydrogen) atoms. The molecule has 0 amide bonds. The van der Waals surface area contributed by atoms with E-state index in [0.29, 0.717) is 0 Å². The van der Waals surface area contributed by atoms with Crippen molar-refractivity contribution in [2.75, 3.05) is 0 Å². The average Bonchev–Trinajstić information content (AvgIpc) is 2.31. The lowest BCUT2D eigenvalue weighted by atomic mass is 9.70. The first-order chi connectivity index (χ1) is 7.79. The normalized spacial score (nSPS) is 12.9. The Balaban J connectivity index is 4.60. The Bertz CT molecular complexity index is 293. The molecule has 0 bridgehead atoms. The molecule has 1 heteroatoms. The van der Waals surface area contributed by atoms with Gasteiger partial charge in [-0.25, -0.2) is 0 Å². The first kappa shape index (κ1) is 14.8. The Morgan fingerprint density at radius 2 is 1.94 bits per heavy atom. The largest absolute Gasteiger partial charge is 0.145 e. The number of hydrogen-bond acceptors (Lipinski definition) is 0. The molecule has 0 aliphatic rings. The van der Waals surface area contributed by atoms with Crippen molar-refractivity contribution in [3.05, 3.63) is 60.7 Å². The van der Waals surface area contributed by atoms with Gasteiger partial charge in [-0.1, -0.05) is 69.3 Å². The summed E-state index contributed by atoms with van der Waals surface area (Å²) in [5.41, 5.74) is 2.62. The predicted molar refractivity (Wildman–Crippen MR) is 76.8 cm³/mol. The molecule has 0 aromatic carbocycles. The lowest BCUT2D eigenvalue weighted by molar-refractivity contribution is 1.12. The maximum Gasteiger partial charge on any atom is 0.145 e. The third-order valence-corrected chi connectivity index (χ3v) is 2.32. The minimum absolute atomic E-state index is 0.954. The van der Waals surface area contributed by atoms with Crippen LogP contribution in [-0.2, 0) is 0 Å². The molecule has 0 atom stereocenters. The van der Waals surface area contributed by atoms with Crippen molar-refractivity contribution in [2.45, 2.75) is 33.0 Å². The summed E-state index contributed by atoms with van der Waals surface area (Å²) in [5, 5.41) is 0. The van der Waals surface area contributed by atoms with Crippen molar-refractivity contribution in [3.8, 4) is 0 Å². The smallest absolute Gasteiger partial charge is 0.126 e. The highest BCUT2D eigenvalue weighted by Gasteiger charge is 1.98. The van der Waals surface area contributed by atoms with Crippen LogP contribution in [0.1, 0.15) is 26.7 Å². The lowest BCUT2D eigenvalue weighted by Crippen LogP contribution is -1.91. The zero-order chi connectivity index (χ0) is 12.2. The average molecular weight is 213 g/mol. The maximum atomic E-state index is 3.86.